The van der Waals surface area contributed by atoms with Crippen molar-refractivity contribution in [2.75, 3.05) is 11.9 Å². The van der Waals surface area contributed by atoms with Gasteiger partial charge in [0, 0.05) is 18.4 Å². The second kappa shape index (κ2) is 10.4. The van der Waals surface area contributed by atoms with E-state index in [0.717, 1.165) is 12.8 Å². The van der Waals surface area contributed by atoms with E-state index in [1.807, 2.05) is 12.1 Å². The molecule has 2 unspecified atom stereocenters. The second-order valence-corrected chi connectivity index (χ2v) is 10.6. The number of aromatic nitrogens is 5. The van der Waals surface area contributed by atoms with Crippen molar-refractivity contribution in [2.45, 2.75) is 51.3 Å². The molecule has 4 N–H and O–H groups in total. The third kappa shape index (κ3) is 6.69. The number of nitrogens with one attached hydrogen (secondary N) is 1. The van der Waals surface area contributed by atoms with Crippen LogP contribution in [-0.4, -0.2) is 56.7 Å². The van der Waals surface area contributed by atoms with Crippen molar-refractivity contribution in [1.82, 2.24) is 24.7 Å². The lowest BCUT2D eigenvalue weighted by Gasteiger charge is -2.17. The van der Waals surface area contributed by atoms with E-state index in [-0.39, 0.29) is 35.6 Å². The zero-order chi connectivity index (χ0) is 25.9. The molecular weight excluding hydrogens is 486 g/mol. The molecule has 1 saturated carbocycles. The molecule has 192 valence electrons. The monoisotopic (exact) mass is 515 g/mol. The molecule has 0 radical (unpaired) electrons. The van der Waals surface area contributed by atoms with Gasteiger partial charge in [-0.2, -0.15) is 13.5 Å². The van der Waals surface area contributed by atoms with Crippen LogP contribution in [0.4, 0.5) is 5.82 Å². The number of rotatable bonds is 10. The molecular formula is C23H29N7O5S. The molecule has 1 aliphatic rings. The van der Waals surface area contributed by atoms with Gasteiger partial charge in [0.15, 0.2) is 0 Å². The molecule has 0 spiro atoms. The molecule has 0 aromatic carbocycles. The van der Waals surface area contributed by atoms with Gasteiger partial charge in [0.05, 0.1) is 30.1 Å². The molecule has 3 aromatic rings. The van der Waals surface area contributed by atoms with Crippen LogP contribution in [0.2, 0.25) is 0 Å². The van der Waals surface area contributed by atoms with E-state index < -0.39 is 15.9 Å². The van der Waals surface area contributed by atoms with Gasteiger partial charge in [0.1, 0.15) is 23.4 Å². The average Bonchev–Trinajstić information content (AvgIpc) is 3.46. The maximum Gasteiger partial charge on any atom is 0.333 e. The fraction of sp³-hybridized carbons (Fsp3) is 0.435. The number of carbonyl (C=O) groups excluding carboxylic acids is 1. The predicted molar refractivity (Wildman–Crippen MR) is 130 cm³/mol. The van der Waals surface area contributed by atoms with E-state index >= 15 is 0 Å². The summed E-state index contributed by atoms with van der Waals surface area (Å²) in [6, 6.07) is 7.01. The number of anilines is 1. The highest BCUT2D eigenvalue weighted by Crippen LogP contribution is 2.29. The molecule has 1 aliphatic carbocycles. The molecule has 0 aliphatic heterocycles. The number of carbonyl (C=O) groups is 1. The number of nitrogens with zero attached hydrogens (tertiary/aromatic N) is 5. The fourth-order valence-electron chi connectivity index (χ4n) is 4.14. The van der Waals surface area contributed by atoms with Crippen molar-refractivity contribution in [2.24, 2.45) is 11.1 Å². The first-order valence-corrected chi connectivity index (χ1v) is 13.0. The average molecular weight is 516 g/mol. The zero-order valence-electron chi connectivity index (χ0n) is 20.0. The summed E-state index contributed by atoms with van der Waals surface area (Å²) >= 11 is 0. The lowest BCUT2D eigenvalue weighted by Crippen LogP contribution is -2.22. The Balaban J connectivity index is 1.43. The van der Waals surface area contributed by atoms with Crippen molar-refractivity contribution in [3.8, 4) is 0 Å². The molecule has 0 saturated heterocycles. The van der Waals surface area contributed by atoms with Gasteiger partial charge in [-0.1, -0.05) is 6.07 Å². The maximum absolute atomic E-state index is 13.2. The summed E-state index contributed by atoms with van der Waals surface area (Å²) in [4.78, 5) is 26.0. The largest absolute Gasteiger partial charge is 0.384 e. The Morgan fingerprint density at radius 1 is 1.31 bits per heavy atom. The van der Waals surface area contributed by atoms with Crippen LogP contribution in [0.25, 0.3) is 0 Å². The van der Waals surface area contributed by atoms with Crippen LogP contribution < -0.4 is 10.5 Å². The topological polar surface area (TPSA) is 175 Å². The third-order valence-electron chi connectivity index (χ3n) is 5.94. The Morgan fingerprint density at radius 2 is 2.11 bits per heavy atom. The quantitative estimate of drug-likeness (QED) is 0.334. The summed E-state index contributed by atoms with van der Waals surface area (Å²) in [6.07, 6.45) is 6.67. The molecule has 1 fully saturated rings. The number of pyridine rings is 1. The summed E-state index contributed by atoms with van der Waals surface area (Å²) < 4.78 is 28.4. The van der Waals surface area contributed by atoms with Crippen LogP contribution in [-0.2, 0) is 26.6 Å². The van der Waals surface area contributed by atoms with E-state index in [4.69, 9.17) is 9.32 Å². The minimum atomic E-state index is -3.97. The molecule has 3 heterocycles. The van der Waals surface area contributed by atoms with Crippen molar-refractivity contribution >= 4 is 21.9 Å². The van der Waals surface area contributed by atoms with E-state index in [9.17, 15) is 18.3 Å². The van der Waals surface area contributed by atoms with Gasteiger partial charge in [-0.05, 0) is 57.2 Å². The minimum Gasteiger partial charge on any atom is -0.384 e. The smallest absolute Gasteiger partial charge is 0.333 e. The molecule has 0 bridgehead atoms. The standard InChI is InChI=1S/C23H29N7O5S/c1-23(2,32)20-5-3-4-17(27-20)12-30-9-8-19(29-30)21(31)18-11-25-14-26-22(18)28-16-7-6-15(10-16)13-35-36(24,33)34/h3-5,8-9,11,14-16,32H,6-7,10,12-13H2,1-2H3,(H2,24,33,34)(H,25,26,28). The van der Waals surface area contributed by atoms with Crippen LogP contribution in [0.1, 0.15) is 60.5 Å². The van der Waals surface area contributed by atoms with Gasteiger partial charge >= 0.3 is 10.3 Å². The van der Waals surface area contributed by atoms with Gasteiger partial charge < -0.3 is 10.4 Å². The second-order valence-electron chi connectivity index (χ2n) is 9.38. The lowest BCUT2D eigenvalue weighted by molar-refractivity contribution is 0.0736. The molecule has 0 amide bonds. The predicted octanol–water partition coefficient (Wildman–Crippen LogP) is 1.38. The Labute approximate surface area is 209 Å². The van der Waals surface area contributed by atoms with E-state index in [1.165, 1.54) is 12.5 Å². The van der Waals surface area contributed by atoms with E-state index in [1.54, 1.807) is 36.9 Å². The van der Waals surface area contributed by atoms with Gasteiger partial charge in [-0.15, -0.1) is 0 Å². The number of hydrogen-bond donors (Lipinski definition) is 3. The van der Waals surface area contributed by atoms with Crippen molar-refractivity contribution in [3.05, 3.63) is 65.6 Å². The third-order valence-corrected chi connectivity index (χ3v) is 6.40. The van der Waals surface area contributed by atoms with Crippen LogP contribution in [0.5, 0.6) is 0 Å². The first-order chi connectivity index (χ1) is 17.0. The minimum absolute atomic E-state index is 0.00721. The van der Waals surface area contributed by atoms with Gasteiger partial charge in [-0.25, -0.2) is 15.1 Å². The van der Waals surface area contributed by atoms with Gasteiger partial charge in [0.2, 0.25) is 5.78 Å². The molecule has 13 heteroatoms. The summed E-state index contributed by atoms with van der Waals surface area (Å²) in [6.45, 7) is 3.69. The Kier molecular flexibility index (Phi) is 7.45. The zero-order valence-corrected chi connectivity index (χ0v) is 20.9. The molecule has 36 heavy (non-hydrogen) atoms. The first kappa shape index (κ1) is 25.8. The number of nitrogens with two attached hydrogens (primary N) is 1. The Morgan fingerprint density at radius 3 is 2.86 bits per heavy atom. The highest BCUT2D eigenvalue weighted by atomic mass is 32.2. The maximum atomic E-state index is 13.2. The Hall–Kier alpha value is -3.26. The Bertz CT molecular complexity index is 1340. The van der Waals surface area contributed by atoms with Crippen LogP contribution >= 0.6 is 0 Å². The summed E-state index contributed by atoms with van der Waals surface area (Å²) in [5, 5.41) is 22.8. The number of aliphatic hydroxyl groups is 1. The van der Waals surface area contributed by atoms with Crippen LogP contribution in [0, 0.1) is 5.92 Å². The summed E-state index contributed by atoms with van der Waals surface area (Å²) in [5.74, 6) is 0.0882. The normalized spacial score (nSPS) is 18.3. The fourth-order valence-corrected chi connectivity index (χ4v) is 4.52. The SMILES string of the molecule is CC(C)(O)c1cccc(Cn2ccc(C(=O)c3cncnc3NC3CCC(COS(N)(=O)=O)C3)n2)n1. The molecule has 3 aromatic heterocycles. The highest BCUT2D eigenvalue weighted by molar-refractivity contribution is 7.84. The molecule has 2 atom stereocenters. The highest BCUT2D eigenvalue weighted by Gasteiger charge is 2.28. The van der Waals surface area contributed by atoms with Gasteiger partial charge in [-0.3, -0.25) is 18.6 Å². The van der Waals surface area contributed by atoms with Crippen LogP contribution in [0.15, 0.2) is 43.0 Å². The van der Waals surface area contributed by atoms with Crippen LogP contribution in [0.3, 0.4) is 0 Å². The van der Waals surface area contributed by atoms with Crippen molar-refractivity contribution in [3.63, 3.8) is 0 Å². The molecule has 4 rings (SSSR count). The lowest BCUT2D eigenvalue weighted by atomic mass is 10.0. The van der Waals surface area contributed by atoms with E-state index in [2.05, 4.69) is 25.4 Å². The summed E-state index contributed by atoms with van der Waals surface area (Å²) in [5.41, 5.74) is 0.702. The number of ketones is 1. The van der Waals surface area contributed by atoms with E-state index in [0.29, 0.717) is 30.2 Å². The van der Waals surface area contributed by atoms with Crippen molar-refractivity contribution < 1.29 is 22.5 Å². The van der Waals surface area contributed by atoms with Crippen molar-refractivity contribution in [1.29, 1.82) is 0 Å². The number of hydrogen-bond acceptors (Lipinski definition) is 10. The first-order valence-electron chi connectivity index (χ1n) is 11.5. The van der Waals surface area contributed by atoms with Gasteiger partial charge in [0.25, 0.3) is 0 Å². The molecule has 12 nitrogen and oxygen atoms in total. The summed E-state index contributed by atoms with van der Waals surface area (Å²) in [7, 11) is -3.97.